The van der Waals surface area contributed by atoms with Gasteiger partial charge in [-0.05, 0) is 48.9 Å². The highest BCUT2D eigenvalue weighted by molar-refractivity contribution is 6.09. The smallest absolute Gasteiger partial charge is 0.127 e. The minimum Gasteiger partial charge on any atom is -0.331 e. The van der Waals surface area contributed by atoms with Gasteiger partial charge in [-0.3, -0.25) is 0 Å². The number of benzene rings is 4. The van der Waals surface area contributed by atoms with Gasteiger partial charge in [-0.1, -0.05) is 78.9 Å². The van der Waals surface area contributed by atoms with Gasteiger partial charge in [0.2, 0.25) is 0 Å². The molecule has 1 aliphatic heterocycles. The Morgan fingerprint density at radius 1 is 0.735 bits per heavy atom. The van der Waals surface area contributed by atoms with Gasteiger partial charge in [0.05, 0.1) is 22.3 Å². The molecule has 164 valence electrons. The van der Waals surface area contributed by atoms with E-state index < -0.39 is 0 Å². The fourth-order valence-electron chi connectivity index (χ4n) is 6.01. The molecule has 3 heteroatoms. The highest BCUT2D eigenvalue weighted by atomic mass is 19.1. The average Bonchev–Trinajstić information content (AvgIpc) is 3.33. The standard InChI is InChI=1S/C31H23FN2/c1-31-17-9-8-13-27(31)26-12-4-7-16-30(26)34(31)23-19-21(32)18-22(20-23)33-28-14-5-2-10-24(28)25-11-3-6-15-29(25)33/h2-20,27H,1H3. The number of aromatic nitrogens is 1. The van der Waals surface area contributed by atoms with Crippen molar-refractivity contribution in [3.8, 4) is 5.69 Å². The van der Waals surface area contributed by atoms with Crippen LogP contribution in [-0.2, 0) is 0 Å². The third kappa shape index (κ3) is 2.55. The van der Waals surface area contributed by atoms with E-state index in [2.05, 4.69) is 107 Å². The number of nitrogens with zero attached hydrogens (tertiary/aromatic N) is 2. The third-order valence-electron chi connectivity index (χ3n) is 7.44. The zero-order valence-corrected chi connectivity index (χ0v) is 18.8. The molecule has 0 spiro atoms. The molecule has 34 heavy (non-hydrogen) atoms. The Morgan fingerprint density at radius 3 is 2.15 bits per heavy atom. The number of halogens is 1. The van der Waals surface area contributed by atoms with Gasteiger partial charge >= 0.3 is 0 Å². The molecule has 2 atom stereocenters. The normalized spacial score (nSPS) is 20.8. The van der Waals surface area contributed by atoms with Gasteiger partial charge in [-0.2, -0.15) is 0 Å². The minimum atomic E-state index is -0.301. The van der Waals surface area contributed by atoms with Crippen LogP contribution in [0.15, 0.2) is 115 Å². The van der Waals surface area contributed by atoms with Crippen LogP contribution >= 0.6 is 0 Å². The second-order valence-electron chi connectivity index (χ2n) is 9.38. The number of hydrogen-bond acceptors (Lipinski definition) is 1. The first-order chi connectivity index (χ1) is 16.6. The second-order valence-corrected chi connectivity index (χ2v) is 9.38. The molecule has 1 aromatic heterocycles. The van der Waals surface area contributed by atoms with Gasteiger partial charge in [0.15, 0.2) is 0 Å². The van der Waals surface area contributed by atoms with E-state index in [9.17, 15) is 0 Å². The molecule has 0 saturated carbocycles. The number of fused-ring (bicyclic) bond motifs is 6. The van der Waals surface area contributed by atoms with Crippen molar-refractivity contribution in [2.75, 3.05) is 4.90 Å². The largest absolute Gasteiger partial charge is 0.331 e. The molecule has 0 amide bonds. The Hall–Kier alpha value is -4.11. The van der Waals surface area contributed by atoms with Crippen molar-refractivity contribution in [2.24, 2.45) is 0 Å². The predicted molar refractivity (Wildman–Crippen MR) is 139 cm³/mol. The van der Waals surface area contributed by atoms with Gasteiger partial charge in [-0.15, -0.1) is 0 Å². The molecule has 2 heterocycles. The van der Waals surface area contributed by atoms with Crippen LogP contribution in [0, 0.1) is 5.82 Å². The van der Waals surface area contributed by atoms with Crippen LogP contribution in [0.2, 0.25) is 0 Å². The van der Waals surface area contributed by atoms with Crippen LogP contribution in [0.3, 0.4) is 0 Å². The van der Waals surface area contributed by atoms with Crippen molar-refractivity contribution >= 4 is 33.2 Å². The summed E-state index contributed by atoms with van der Waals surface area (Å²) in [7, 11) is 0. The molecule has 2 nitrogen and oxygen atoms in total. The van der Waals surface area contributed by atoms with Crippen molar-refractivity contribution in [3.63, 3.8) is 0 Å². The lowest BCUT2D eigenvalue weighted by atomic mass is 9.80. The Kier molecular flexibility index (Phi) is 3.96. The quantitative estimate of drug-likeness (QED) is 0.268. The predicted octanol–water partition coefficient (Wildman–Crippen LogP) is 8.04. The van der Waals surface area contributed by atoms with Gasteiger partial charge in [0.1, 0.15) is 5.82 Å². The van der Waals surface area contributed by atoms with Crippen LogP contribution in [-0.4, -0.2) is 10.1 Å². The highest BCUT2D eigenvalue weighted by Crippen LogP contribution is 2.54. The lowest BCUT2D eigenvalue weighted by Crippen LogP contribution is -2.42. The van der Waals surface area contributed by atoms with E-state index in [0.29, 0.717) is 0 Å². The van der Waals surface area contributed by atoms with Crippen LogP contribution in [0.4, 0.5) is 15.8 Å². The molecule has 4 aromatic carbocycles. The van der Waals surface area contributed by atoms with Crippen molar-refractivity contribution in [2.45, 2.75) is 18.4 Å². The topological polar surface area (TPSA) is 8.17 Å². The monoisotopic (exact) mass is 442 g/mol. The van der Waals surface area contributed by atoms with E-state index in [4.69, 9.17) is 0 Å². The molecule has 2 aliphatic rings. The summed E-state index contributed by atoms with van der Waals surface area (Å²) >= 11 is 0. The Bertz CT molecular complexity index is 1600. The average molecular weight is 443 g/mol. The molecule has 5 aromatic rings. The van der Waals surface area contributed by atoms with Crippen LogP contribution in [0.1, 0.15) is 18.4 Å². The summed E-state index contributed by atoms with van der Waals surface area (Å²) in [5.74, 6) is -0.0251. The third-order valence-corrected chi connectivity index (χ3v) is 7.44. The summed E-state index contributed by atoms with van der Waals surface area (Å²) in [5.41, 5.74) is 5.93. The molecular weight excluding hydrogens is 419 g/mol. The Labute approximate surface area is 197 Å². The first-order valence-electron chi connectivity index (χ1n) is 11.7. The Morgan fingerprint density at radius 2 is 1.38 bits per heavy atom. The maximum Gasteiger partial charge on any atom is 0.127 e. The zero-order valence-electron chi connectivity index (χ0n) is 18.8. The van der Waals surface area contributed by atoms with E-state index in [0.717, 1.165) is 28.1 Å². The van der Waals surface area contributed by atoms with E-state index in [1.54, 1.807) is 12.1 Å². The first-order valence-corrected chi connectivity index (χ1v) is 11.7. The van der Waals surface area contributed by atoms with Gasteiger partial charge in [0.25, 0.3) is 0 Å². The molecule has 7 rings (SSSR count). The summed E-state index contributed by atoms with van der Waals surface area (Å²) in [4.78, 5) is 2.30. The molecular formula is C31H23FN2. The first kappa shape index (κ1) is 19.4. The van der Waals surface area contributed by atoms with Gasteiger partial charge in [-0.25, -0.2) is 4.39 Å². The van der Waals surface area contributed by atoms with Gasteiger partial charge in [0, 0.05) is 28.1 Å². The number of allylic oxidation sites excluding steroid dienone is 2. The molecule has 1 aliphatic carbocycles. The summed E-state index contributed by atoms with van der Waals surface area (Å²) in [6.45, 7) is 2.24. The number of rotatable bonds is 2. The van der Waals surface area contributed by atoms with E-state index in [1.165, 1.54) is 16.3 Å². The molecule has 0 fully saturated rings. The number of anilines is 2. The molecule has 0 saturated heterocycles. The van der Waals surface area contributed by atoms with Crippen molar-refractivity contribution < 1.29 is 4.39 Å². The lowest BCUT2D eigenvalue weighted by molar-refractivity contribution is 0.540. The van der Waals surface area contributed by atoms with Crippen LogP contribution in [0.5, 0.6) is 0 Å². The van der Waals surface area contributed by atoms with Crippen molar-refractivity contribution in [1.82, 2.24) is 4.57 Å². The van der Waals surface area contributed by atoms with E-state index in [-0.39, 0.29) is 17.3 Å². The summed E-state index contributed by atoms with van der Waals surface area (Å²) in [5, 5.41) is 2.34. The zero-order chi connectivity index (χ0) is 22.9. The number of hydrogen-bond donors (Lipinski definition) is 0. The summed E-state index contributed by atoms with van der Waals surface area (Å²) in [6.07, 6.45) is 8.71. The molecule has 0 bridgehead atoms. The Balaban J connectivity index is 1.50. The maximum atomic E-state index is 15.3. The maximum absolute atomic E-state index is 15.3. The van der Waals surface area contributed by atoms with Gasteiger partial charge < -0.3 is 9.47 Å². The highest BCUT2D eigenvalue weighted by Gasteiger charge is 2.46. The minimum absolute atomic E-state index is 0.216. The molecule has 0 N–H and O–H groups in total. The van der Waals surface area contributed by atoms with E-state index >= 15 is 4.39 Å². The fourth-order valence-corrected chi connectivity index (χ4v) is 6.01. The van der Waals surface area contributed by atoms with Crippen LogP contribution in [0.25, 0.3) is 27.5 Å². The fraction of sp³-hybridized carbons (Fsp3) is 0.0968. The number of para-hydroxylation sites is 3. The summed E-state index contributed by atoms with van der Waals surface area (Å²) in [6, 6.07) is 30.6. The van der Waals surface area contributed by atoms with Crippen molar-refractivity contribution in [1.29, 1.82) is 0 Å². The van der Waals surface area contributed by atoms with Crippen molar-refractivity contribution in [3.05, 3.63) is 127 Å². The van der Waals surface area contributed by atoms with E-state index in [1.807, 2.05) is 12.1 Å². The summed E-state index contributed by atoms with van der Waals surface area (Å²) < 4.78 is 17.5. The molecule has 0 radical (unpaired) electrons. The SMILES string of the molecule is CC12C=CC=CC1c1ccccc1N2c1cc(F)cc(-n2c3ccccc3c3ccccc32)c1. The van der Waals surface area contributed by atoms with Crippen LogP contribution < -0.4 is 4.90 Å². The molecule has 2 unspecified atom stereocenters. The second kappa shape index (κ2) is 6.94. The lowest BCUT2D eigenvalue weighted by Gasteiger charge is -2.39.